The zero-order valence-electron chi connectivity index (χ0n) is 11.1. The van der Waals surface area contributed by atoms with Crippen molar-refractivity contribution in [2.24, 2.45) is 28.4 Å². The van der Waals surface area contributed by atoms with Gasteiger partial charge in [-0.3, -0.25) is 0 Å². The zero-order chi connectivity index (χ0) is 11.6. The van der Waals surface area contributed by atoms with E-state index in [4.69, 9.17) is 5.73 Å². The summed E-state index contributed by atoms with van der Waals surface area (Å²) in [4.78, 5) is 0. The van der Waals surface area contributed by atoms with Gasteiger partial charge in [0.15, 0.2) is 0 Å². The van der Waals surface area contributed by atoms with E-state index in [0.29, 0.717) is 16.7 Å². The van der Waals surface area contributed by atoms with Crippen LogP contribution in [0.4, 0.5) is 0 Å². The Kier molecular flexibility index (Phi) is 4.64. The first kappa shape index (κ1) is 14.0. The molecular weight excluding hydrogens is 170 g/mol. The van der Waals surface area contributed by atoms with Crippen molar-refractivity contribution in [3.63, 3.8) is 0 Å². The third-order valence-electron chi connectivity index (χ3n) is 4.16. The molecule has 1 atom stereocenters. The standard InChI is InChI=1S/C13H29N/c1-10(2)12(4,5)9-13(6,7)11(3)8-14/h10-11H,8-9,14H2,1-7H3/t11-/m1/s1. The molecular formula is C13H29N. The molecule has 0 heterocycles. The first-order valence-electron chi connectivity index (χ1n) is 5.83. The fourth-order valence-corrected chi connectivity index (χ4v) is 1.87. The number of hydrogen-bond acceptors (Lipinski definition) is 1. The van der Waals surface area contributed by atoms with Gasteiger partial charge in [0.25, 0.3) is 0 Å². The van der Waals surface area contributed by atoms with E-state index in [9.17, 15) is 0 Å². The van der Waals surface area contributed by atoms with Crippen molar-refractivity contribution in [1.82, 2.24) is 0 Å². The lowest BCUT2D eigenvalue weighted by Crippen LogP contribution is -2.35. The average Bonchev–Trinajstić information content (AvgIpc) is 2.00. The van der Waals surface area contributed by atoms with E-state index < -0.39 is 0 Å². The molecule has 0 unspecified atom stereocenters. The predicted octanol–water partition coefficient (Wildman–Crippen LogP) is 3.68. The van der Waals surface area contributed by atoms with Crippen LogP contribution in [-0.4, -0.2) is 6.54 Å². The summed E-state index contributed by atoms with van der Waals surface area (Å²) in [5.41, 5.74) is 6.51. The van der Waals surface area contributed by atoms with Gasteiger partial charge in [-0.05, 0) is 35.6 Å². The molecule has 0 aliphatic rings. The quantitative estimate of drug-likeness (QED) is 0.718. The van der Waals surface area contributed by atoms with Gasteiger partial charge in [-0.15, -0.1) is 0 Å². The van der Waals surface area contributed by atoms with Crippen molar-refractivity contribution >= 4 is 0 Å². The predicted molar refractivity (Wildman–Crippen MR) is 65.2 cm³/mol. The fourth-order valence-electron chi connectivity index (χ4n) is 1.87. The maximum atomic E-state index is 5.75. The van der Waals surface area contributed by atoms with Crippen molar-refractivity contribution in [2.45, 2.75) is 54.9 Å². The van der Waals surface area contributed by atoms with Crippen LogP contribution in [0.3, 0.4) is 0 Å². The van der Waals surface area contributed by atoms with Crippen molar-refractivity contribution < 1.29 is 0 Å². The SMILES string of the molecule is CC(C)C(C)(C)CC(C)(C)[C@H](C)CN. The molecule has 2 N–H and O–H groups in total. The van der Waals surface area contributed by atoms with Crippen LogP contribution < -0.4 is 5.73 Å². The lowest BCUT2D eigenvalue weighted by Gasteiger charge is -2.41. The highest BCUT2D eigenvalue weighted by molar-refractivity contribution is 4.84. The highest BCUT2D eigenvalue weighted by Crippen LogP contribution is 2.42. The Bertz CT molecular complexity index is 168. The van der Waals surface area contributed by atoms with Crippen LogP contribution in [0.2, 0.25) is 0 Å². The Balaban J connectivity index is 4.49. The summed E-state index contributed by atoms with van der Waals surface area (Å²) in [6.45, 7) is 17.1. The molecule has 0 bridgehead atoms. The lowest BCUT2D eigenvalue weighted by molar-refractivity contribution is 0.0984. The number of nitrogens with two attached hydrogens (primary N) is 1. The Morgan fingerprint density at radius 1 is 0.929 bits per heavy atom. The molecule has 0 aliphatic carbocycles. The van der Waals surface area contributed by atoms with Gasteiger partial charge in [0.2, 0.25) is 0 Å². The normalized spacial score (nSPS) is 16.1. The molecule has 0 rings (SSSR count). The van der Waals surface area contributed by atoms with E-state index in [1.54, 1.807) is 0 Å². The van der Waals surface area contributed by atoms with Gasteiger partial charge in [-0.2, -0.15) is 0 Å². The maximum absolute atomic E-state index is 5.75. The molecule has 14 heavy (non-hydrogen) atoms. The third kappa shape index (κ3) is 3.61. The molecule has 0 saturated heterocycles. The Labute approximate surface area is 90.5 Å². The van der Waals surface area contributed by atoms with Crippen LogP contribution in [0.1, 0.15) is 54.9 Å². The number of hydrogen-bond donors (Lipinski definition) is 1. The molecule has 0 aromatic carbocycles. The van der Waals surface area contributed by atoms with Gasteiger partial charge in [0.1, 0.15) is 0 Å². The molecule has 0 fully saturated rings. The van der Waals surface area contributed by atoms with Gasteiger partial charge in [0, 0.05) is 0 Å². The molecule has 0 radical (unpaired) electrons. The van der Waals surface area contributed by atoms with E-state index in [1.807, 2.05) is 0 Å². The summed E-state index contributed by atoms with van der Waals surface area (Å²) in [5.74, 6) is 1.33. The summed E-state index contributed by atoms with van der Waals surface area (Å²) in [5, 5.41) is 0. The minimum Gasteiger partial charge on any atom is -0.330 e. The van der Waals surface area contributed by atoms with Crippen molar-refractivity contribution in [1.29, 1.82) is 0 Å². The third-order valence-corrected chi connectivity index (χ3v) is 4.16. The summed E-state index contributed by atoms with van der Waals surface area (Å²) in [6, 6.07) is 0. The molecule has 1 nitrogen and oxygen atoms in total. The first-order valence-corrected chi connectivity index (χ1v) is 5.83. The molecule has 0 amide bonds. The molecule has 0 spiro atoms. The van der Waals surface area contributed by atoms with E-state index in [0.717, 1.165) is 12.5 Å². The smallest absolute Gasteiger partial charge is 0.00464 e. The van der Waals surface area contributed by atoms with Crippen LogP contribution in [0.25, 0.3) is 0 Å². The van der Waals surface area contributed by atoms with Gasteiger partial charge in [-0.1, -0.05) is 48.5 Å². The Hall–Kier alpha value is -0.0400. The monoisotopic (exact) mass is 199 g/mol. The topological polar surface area (TPSA) is 26.0 Å². The second-order valence-electron chi connectivity index (χ2n) is 6.45. The summed E-state index contributed by atoms with van der Waals surface area (Å²) < 4.78 is 0. The first-order chi connectivity index (χ1) is 6.13. The minimum absolute atomic E-state index is 0.350. The number of rotatable bonds is 5. The van der Waals surface area contributed by atoms with Crippen molar-refractivity contribution in [3.05, 3.63) is 0 Å². The minimum atomic E-state index is 0.350. The molecule has 0 aromatic heterocycles. The highest BCUT2D eigenvalue weighted by Gasteiger charge is 2.34. The molecule has 0 saturated carbocycles. The van der Waals surface area contributed by atoms with Gasteiger partial charge in [0.05, 0.1) is 0 Å². The van der Waals surface area contributed by atoms with Crippen molar-refractivity contribution in [2.75, 3.05) is 6.54 Å². The molecule has 0 aliphatic heterocycles. The van der Waals surface area contributed by atoms with Crippen LogP contribution in [-0.2, 0) is 0 Å². The van der Waals surface area contributed by atoms with E-state index >= 15 is 0 Å². The maximum Gasteiger partial charge on any atom is -0.00464 e. The van der Waals surface area contributed by atoms with Crippen LogP contribution in [0.5, 0.6) is 0 Å². The van der Waals surface area contributed by atoms with Gasteiger partial charge >= 0.3 is 0 Å². The fraction of sp³-hybridized carbons (Fsp3) is 1.00. The zero-order valence-corrected chi connectivity index (χ0v) is 11.1. The van der Waals surface area contributed by atoms with Crippen molar-refractivity contribution in [3.8, 4) is 0 Å². The van der Waals surface area contributed by atoms with Crippen LogP contribution in [0.15, 0.2) is 0 Å². The van der Waals surface area contributed by atoms with E-state index in [1.165, 1.54) is 6.42 Å². The molecule has 1 heteroatoms. The Morgan fingerprint density at radius 3 is 1.64 bits per heavy atom. The van der Waals surface area contributed by atoms with Crippen LogP contribution >= 0.6 is 0 Å². The summed E-state index contributed by atoms with van der Waals surface area (Å²) in [7, 11) is 0. The summed E-state index contributed by atoms with van der Waals surface area (Å²) in [6.07, 6.45) is 1.25. The van der Waals surface area contributed by atoms with Gasteiger partial charge in [-0.25, -0.2) is 0 Å². The second kappa shape index (κ2) is 4.65. The summed E-state index contributed by atoms with van der Waals surface area (Å²) >= 11 is 0. The van der Waals surface area contributed by atoms with Crippen LogP contribution in [0, 0.1) is 22.7 Å². The van der Waals surface area contributed by atoms with Gasteiger partial charge < -0.3 is 5.73 Å². The second-order valence-corrected chi connectivity index (χ2v) is 6.45. The Morgan fingerprint density at radius 2 is 1.36 bits per heavy atom. The van der Waals surface area contributed by atoms with E-state index in [-0.39, 0.29) is 0 Å². The highest BCUT2D eigenvalue weighted by atomic mass is 14.6. The molecule has 0 aromatic rings. The molecule has 86 valence electrons. The lowest BCUT2D eigenvalue weighted by atomic mass is 9.65. The average molecular weight is 199 g/mol. The largest absolute Gasteiger partial charge is 0.330 e. The van der Waals surface area contributed by atoms with E-state index in [2.05, 4.69) is 48.5 Å².